The molecule has 0 saturated carbocycles. The molecule has 154 valence electrons. The number of piperazine rings is 1. The van der Waals surface area contributed by atoms with Gasteiger partial charge in [0, 0.05) is 51.4 Å². The molecule has 2 aliphatic rings. The van der Waals surface area contributed by atoms with Gasteiger partial charge in [-0.15, -0.1) is 0 Å². The number of carbonyl (C=O) groups is 2. The van der Waals surface area contributed by atoms with Gasteiger partial charge in [0.2, 0.25) is 0 Å². The van der Waals surface area contributed by atoms with E-state index >= 15 is 0 Å². The van der Waals surface area contributed by atoms with Crippen molar-refractivity contribution in [1.29, 1.82) is 0 Å². The van der Waals surface area contributed by atoms with Gasteiger partial charge in [-0.2, -0.15) is 0 Å². The Morgan fingerprint density at radius 3 is 2.46 bits per heavy atom. The van der Waals surface area contributed by atoms with Gasteiger partial charge < -0.3 is 24.8 Å². The molecule has 0 aliphatic carbocycles. The number of likely N-dealkylation sites (N-methyl/N-ethyl adjacent to an activating group) is 1. The van der Waals surface area contributed by atoms with E-state index in [1.807, 2.05) is 6.92 Å². The Labute approximate surface area is 166 Å². The maximum atomic E-state index is 12.7. The highest BCUT2D eigenvalue weighted by molar-refractivity contribution is 5.93. The minimum Gasteiger partial charge on any atom is -0.450 e. The molecule has 2 amide bonds. The molecule has 0 spiro atoms. The smallest absolute Gasteiger partial charge is 0.409 e. The van der Waals surface area contributed by atoms with E-state index in [-0.39, 0.29) is 18.0 Å². The highest BCUT2D eigenvalue weighted by Crippen LogP contribution is 2.16. The Kier molecular flexibility index (Phi) is 6.66. The number of rotatable bonds is 4. The van der Waals surface area contributed by atoms with Crippen molar-refractivity contribution in [2.45, 2.75) is 32.7 Å². The van der Waals surface area contributed by atoms with Gasteiger partial charge in [0.15, 0.2) is 0 Å². The van der Waals surface area contributed by atoms with Crippen molar-refractivity contribution in [3.63, 3.8) is 0 Å². The molecule has 0 atom stereocenters. The average molecular weight is 390 g/mol. The fourth-order valence-corrected chi connectivity index (χ4v) is 3.55. The molecule has 2 saturated heterocycles. The van der Waals surface area contributed by atoms with Gasteiger partial charge >= 0.3 is 6.09 Å². The molecule has 0 unspecified atom stereocenters. The van der Waals surface area contributed by atoms with Gasteiger partial charge in [-0.05, 0) is 33.7 Å². The van der Waals surface area contributed by atoms with Crippen LogP contribution in [-0.2, 0) is 4.74 Å². The number of piperidine rings is 1. The fraction of sp³-hybridized carbons (Fsp3) is 0.684. The second-order valence-electron chi connectivity index (χ2n) is 7.38. The molecule has 0 radical (unpaired) electrons. The molecule has 3 rings (SSSR count). The van der Waals surface area contributed by atoms with Gasteiger partial charge in [0.05, 0.1) is 6.61 Å². The summed E-state index contributed by atoms with van der Waals surface area (Å²) in [6, 6.07) is 1.81. The summed E-state index contributed by atoms with van der Waals surface area (Å²) in [6.45, 7) is 8.88. The van der Waals surface area contributed by atoms with E-state index < -0.39 is 0 Å². The molecule has 2 fully saturated rings. The second-order valence-corrected chi connectivity index (χ2v) is 7.38. The topological polar surface area (TPSA) is 90.9 Å². The van der Waals surface area contributed by atoms with Crippen molar-refractivity contribution in [2.24, 2.45) is 0 Å². The van der Waals surface area contributed by atoms with Gasteiger partial charge in [-0.1, -0.05) is 0 Å². The van der Waals surface area contributed by atoms with E-state index in [0.29, 0.717) is 44.1 Å². The Hall–Kier alpha value is -2.42. The summed E-state index contributed by atoms with van der Waals surface area (Å²) in [6.07, 6.45) is 1.13. The zero-order chi connectivity index (χ0) is 20.1. The van der Waals surface area contributed by atoms with Gasteiger partial charge in [0.25, 0.3) is 5.91 Å². The number of carbonyl (C=O) groups excluding carboxylic acids is 2. The number of aromatic nitrogens is 2. The Bertz CT molecular complexity index is 697. The van der Waals surface area contributed by atoms with Gasteiger partial charge in [-0.25, -0.2) is 14.8 Å². The van der Waals surface area contributed by atoms with Crippen molar-refractivity contribution in [3.8, 4) is 0 Å². The molecule has 28 heavy (non-hydrogen) atoms. The first-order valence-electron chi connectivity index (χ1n) is 9.98. The lowest BCUT2D eigenvalue weighted by atomic mass is 10.1. The van der Waals surface area contributed by atoms with E-state index in [1.165, 1.54) is 0 Å². The summed E-state index contributed by atoms with van der Waals surface area (Å²) in [5, 5.41) is 3.06. The average Bonchev–Trinajstić information content (AvgIpc) is 2.69. The number of amides is 2. The standard InChI is InChI=1S/C19H30N6O3/c1-4-28-19(27)25-7-5-15(6-8-25)22-18(26)16-13-17(21-14(2)20-16)24-11-9-23(3)10-12-24/h13,15H,4-12H2,1-3H3,(H,22,26). The number of hydrogen-bond acceptors (Lipinski definition) is 7. The van der Waals surface area contributed by atoms with Crippen LogP contribution in [-0.4, -0.2) is 90.7 Å². The van der Waals surface area contributed by atoms with Crippen LogP contribution in [0.25, 0.3) is 0 Å². The number of likely N-dealkylation sites (tertiary alicyclic amines) is 1. The number of hydrogen-bond donors (Lipinski definition) is 1. The zero-order valence-corrected chi connectivity index (χ0v) is 17.0. The normalized spacial score (nSPS) is 18.8. The second kappa shape index (κ2) is 9.18. The van der Waals surface area contributed by atoms with Crippen molar-refractivity contribution < 1.29 is 14.3 Å². The number of ether oxygens (including phenoxy) is 1. The van der Waals surface area contributed by atoms with Crippen molar-refractivity contribution in [3.05, 3.63) is 17.6 Å². The molecule has 9 nitrogen and oxygen atoms in total. The molecule has 1 aromatic rings. The highest BCUT2D eigenvalue weighted by atomic mass is 16.6. The first-order valence-corrected chi connectivity index (χ1v) is 9.98. The summed E-state index contributed by atoms with van der Waals surface area (Å²) in [4.78, 5) is 39.5. The predicted octanol–water partition coefficient (Wildman–Crippen LogP) is 0.888. The molecule has 0 bridgehead atoms. The molecule has 3 heterocycles. The van der Waals surface area contributed by atoms with Crippen molar-refractivity contribution in [2.75, 3.05) is 57.8 Å². The third-order valence-electron chi connectivity index (χ3n) is 5.24. The third-order valence-corrected chi connectivity index (χ3v) is 5.24. The Morgan fingerprint density at radius 1 is 1.14 bits per heavy atom. The van der Waals surface area contributed by atoms with Crippen LogP contribution in [0.1, 0.15) is 36.1 Å². The number of nitrogens with zero attached hydrogens (tertiary/aromatic N) is 5. The highest BCUT2D eigenvalue weighted by Gasteiger charge is 2.26. The first-order chi connectivity index (χ1) is 13.5. The molecule has 9 heteroatoms. The molecule has 1 N–H and O–H groups in total. The largest absolute Gasteiger partial charge is 0.450 e. The summed E-state index contributed by atoms with van der Waals surface area (Å²) in [5.74, 6) is 1.22. The van der Waals surface area contributed by atoms with Crippen LogP contribution in [0.15, 0.2) is 6.07 Å². The van der Waals surface area contributed by atoms with Crippen molar-refractivity contribution >= 4 is 17.8 Å². The quantitative estimate of drug-likeness (QED) is 0.816. The van der Waals surface area contributed by atoms with Gasteiger partial charge in [0.1, 0.15) is 17.3 Å². The molecule has 1 aromatic heterocycles. The van der Waals surface area contributed by atoms with Crippen LogP contribution in [0.4, 0.5) is 10.6 Å². The van der Waals surface area contributed by atoms with E-state index in [2.05, 4.69) is 32.1 Å². The summed E-state index contributed by atoms with van der Waals surface area (Å²) in [7, 11) is 2.11. The van der Waals surface area contributed by atoms with E-state index in [4.69, 9.17) is 4.74 Å². The monoisotopic (exact) mass is 390 g/mol. The summed E-state index contributed by atoms with van der Waals surface area (Å²) < 4.78 is 5.03. The molecular formula is C19H30N6O3. The van der Waals surface area contributed by atoms with Crippen LogP contribution in [0, 0.1) is 6.92 Å². The Morgan fingerprint density at radius 2 is 1.82 bits per heavy atom. The third kappa shape index (κ3) is 5.09. The minimum atomic E-state index is -0.282. The number of nitrogens with one attached hydrogen (secondary N) is 1. The maximum absolute atomic E-state index is 12.7. The molecular weight excluding hydrogens is 360 g/mol. The van der Waals surface area contributed by atoms with E-state index in [0.717, 1.165) is 32.0 Å². The van der Waals surface area contributed by atoms with E-state index in [9.17, 15) is 9.59 Å². The van der Waals surface area contributed by atoms with Crippen LogP contribution in [0.3, 0.4) is 0 Å². The molecule has 0 aromatic carbocycles. The molecule has 2 aliphatic heterocycles. The van der Waals surface area contributed by atoms with Crippen molar-refractivity contribution in [1.82, 2.24) is 25.1 Å². The fourth-order valence-electron chi connectivity index (χ4n) is 3.55. The zero-order valence-electron chi connectivity index (χ0n) is 17.0. The van der Waals surface area contributed by atoms with Crippen LogP contribution in [0.5, 0.6) is 0 Å². The van der Waals surface area contributed by atoms with E-state index in [1.54, 1.807) is 17.9 Å². The maximum Gasteiger partial charge on any atom is 0.409 e. The Balaban J connectivity index is 1.58. The lowest BCUT2D eigenvalue weighted by Crippen LogP contribution is -2.47. The number of aryl methyl sites for hydroxylation is 1. The SMILES string of the molecule is CCOC(=O)N1CCC(NC(=O)c2cc(N3CCN(C)CC3)nc(C)n2)CC1. The first kappa shape index (κ1) is 20.3. The van der Waals surface area contributed by atoms with Gasteiger partial charge in [-0.3, -0.25) is 4.79 Å². The number of anilines is 1. The minimum absolute atomic E-state index is 0.0283. The van der Waals surface area contributed by atoms with Crippen LogP contribution in [0.2, 0.25) is 0 Å². The lowest BCUT2D eigenvalue weighted by molar-refractivity contribution is 0.0856. The summed E-state index contributed by atoms with van der Waals surface area (Å²) in [5.41, 5.74) is 0.397. The predicted molar refractivity (Wildman–Crippen MR) is 106 cm³/mol. The van der Waals surface area contributed by atoms with Crippen LogP contribution >= 0.6 is 0 Å². The van der Waals surface area contributed by atoms with Crippen LogP contribution < -0.4 is 10.2 Å². The summed E-state index contributed by atoms with van der Waals surface area (Å²) >= 11 is 0. The lowest BCUT2D eigenvalue weighted by Gasteiger charge is -2.33.